The van der Waals surface area contributed by atoms with E-state index in [1.807, 2.05) is 20.8 Å². The fourth-order valence-corrected chi connectivity index (χ4v) is 2.78. The molecule has 1 aromatic rings. The molecule has 6 heteroatoms. The number of piperidine rings is 1. The molecule has 2 saturated heterocycles. The van der Waals surface area contributed by atoms with Crippen molar-refractivity contribution in [1.82, 2.24) is 15.3 Å². The standard InChI is InChI=1S/C14H20N4O2/c1-8-9(2)15-14(16-10(8)3)18-5-4-12-11(6-18)17-13(19)7-20-12/h11-12H,4-7H2,1-3H3,(H,17,19)/t11-,12+/m0/s1. The molecule has 0 spiro atoms. The lowest BCUT2D eigenvalue weighted by atomic mass is 10.0. The van der Waals surface area contributed by atoms with Crippen LogP contribution in [0.15, 0.2) is 0 Å². The van der Waals surface area contributed by atoms with Gasteiger partial charge in [0.2, 0.25) is 11.9 Å². The number of nitrogens with one attached hydrogen (secondary N) is 1. The second-order valence-corrected chi connectivity index (χ2v) is 5.58. The molecule has 0 saturated carbocycles. The number of aryl methyl sites for hydroxylation is 2. The van der Waals surface area contributed by atoms with Gasteiger partial charge in [-0.3, -0.25) is 4.79 Å². The minimum atomic E-state index is -0.0368. The molecule has 2 aliphatic rings. The predicted molar refractivity (Wildman–Crippen MR) is 74.7 cm³/mol. The highest BCUT2D eigenvalue weighted by atomic mass is 16.5. The highest BCUT2D eigenvalue weighted by Crippen LogP contribution is 2.22. The third-order valence-electron chi connectivity index (χ3n) is 4.23. The van der Waals surface area contributed by atoms with Crippen molar-refractivity contribution in [3.8, 4) is 0 Å². The van der Waals surface area contributed by atoms with Gasteiger partial charge >= 0.3 is 0 Å². The lowest BCUT2D eigenvalue weighted by molar-refractivity contribution is -0.137. The lowest BCUT2D eigenvalue weighted by Crippen LogP contribution is -2.60. The molecule has 3 rings (SSSR count). The first-order valence-corrected chi connectivity index (χ1v) is 7.02. The lowest BCUT2D eigenvalue weighted by Gasteiger charge is -2.41. The van der Waals surface area contributed by atoms with Gasteiger partial charge in [0, 0.05) is 24.5 Å². The van der Waals surface area contributed by atoms with E-state index in [1.54, 1.807) is 0 Å². The zero-order valence-electron chi connectivity index (χ0n) is 12.1. The number of carbonyl (C=O) groups excluding carboxylic acids is 1. The largest absolute Gasteiger partial charge is 0.366 e. The first kappa shape index (κ1) is 13.3. The van der Waals surface area contributed by atoms with Crippen LogP contribution in [0, 0.1) is 20.8 Å². The molecule has 108 valence electrons. The molecule has 20 heavy (non-hydrogen) atoms. The van der Waals surface area contributed by atoms with Crippen LogP contribution in [-0.4, -0.2) is 47.7 Å². The molecule has 0 radical (unpaired) electrons. The van der Waals surface area contributed by atoms with E-state index in [9.17, 15) is 4.79 Å². The number of anilines is 1. The summed E-state index contributed by atoms with van der Waals surface area (Å²) in [6.07, 6.45) is 1.01. The van der Waals surface area contributed by atoms with Crippen molar-refractivity contribution in [1.29, 1.82) is 0 Å². The van der Waals surface area contributed by atoms with Gasteiger partial charge in [-0.2, -0.15) is 0 Å². The minimum Gasteiger partial charge on any atom is -0.366 e. The molecule has 6 nitrogen and oxygen atoms in total. The maximum absolute atomic E-state index is 11.4. The Kier molecular flexibility index (Phi) is 3.33. The summed E-state index contributed by atoms with van der Waals surface area (Å²) in [5.41, 5.74) is 3.16. The zero-order valence-corrected chi connectivity index (χ0v) is 12.1. The van der Waals surface area contributed by atoms with Gasteiger partial charge in [0.1, 0.15) is 6.61 Å². The van der Waals surface area contributed by atoms with Crippen LogP contribution in [-0.2, 0) is 9.53 Å². The number of carbonyl (C=O) groups is 1. The SMILES string of the molecule is Cc1nc(N2CC[C@H]3OCC(=O)N[C@H]3C2)nc(C)c1C. The number of ether oxygens (including phenoxy) is 1. The molecule has 0 aliphatic carbocycles. The third kappa shape index (κ3) is 2.35. The molecule has 1 N–H and O–H groups in total. The average Bonchev–Trinajstić information content (AvgIpc) is 2.43. The number of rotatable bonds is 1. The van der Waals surface area contributed by atoms with E-state index in [1.165, 1.54) is 0 Å². The predicted octanol–water partition coefficient (Wildman–Crippen LogP) is 0.496. The van der Waals surface area contributed by atoms with E-state index in [4.69, 9.17) is 4.74 Å². The number of nitrogens with zero attached hydrogens (tertiary/aromatic N) is 3. The Morgan fingerprint density at radius 3 is 2.65 bits per heavy atom. The monoisotopic (exact) mass is 276 g/mol. The fourth-order valence-electron chi connectivity index (χ4n) is 2.78. The normalized spacial score (nSPS) is 26.1. The smallest absolute Gasteiger partial charge is 0.246 e. The summed E-state index contributed by atoms with van der Waals surface area (Å²) in [7, 11) is 0. The number of amides is 1. The summed E-state index contributed by atoms with van der Waals surface area (Å²) in [5.74, 6) is 0.717. The van der Waals surface area contributed by atoms with Gasteiger partial charge < -0.3 is 15.0 Å². The van der Waals surface area contributed by atoms with Crippen LogP contribution >= 0.6 is 0 Å². The topological polar surface area (TPSA) is 67.4 Å². The van der Waals surface area contributed by atoms with Crippen molar-refractivity contribution in [3.63, 3.8) is 0 Å². The molecule has 1 amide bonds. The van der Waals surface area contributed by atoms with Gasteiger partial charge in [0.25, 0.3) is 0 Å². The highest BCUT2D eigenvalue weighted by molar-refractivity contribution is 5.78. The van der Waals surface area contributed by atoms with Gasteiger partial charge in [-0.1, -0.05) is 0 Å². The molecule has 2 fully saturated rings. The second-order valence-electron chi connectivity index (χ2n) is 5.58. The molecule has 2 atom stereocenters. The van der Waals surface area contributed by atoms with E-state index < -0.39 is 0 Å². The van der Waals surface area contributed by atoms with Crippen molar-refractivity contribution < 1.29 is 9.53 Å². The van der Waals surface area contributed by atoms with E-state index in [0.29, 0.717) is 6.54 Å². The number of aromatic nitrogens is 2. The van der Waals surface area contributed by atoms with Crippen LogP contribution in [0.3, 0.4) is 0 Å². The van der Waals surface area contributed by atoms with Crippen molar-refractivity contribution >= 4 is 11.9 Å². The summed E-state index contributed by atoms with van der Waals surface area (Å²) in [5, 5.41) is 3.00. The zero-order chi connectivity index (χ0) is 14.3. The Hall–Kier alpha value is -1.69. The Balaban J connectivity index is 1.80. The molecule has 1 aromatic heterocycles. The molecular formula is C14H20N4O2. The third-order valence-corrected chi connectivity index (χ3v) is 4.23. The maximum Gasteiger partial charge on any atom is 0.246 e. The molecule has 2 aliphatic heterocycles. The number of morpholine rings is 1. The first-order chi connectivity index (χ1) is 9.54. The summed E-state index contributed by atoms with van der Waals surface area (Å²) in [6.45, 7) is 7.80. The molecular weight excluding hydrogens is 256 g/mol. The van der Waals surface area contributed by atoms with Crippen molar-refractivity contribution in [2.45, 2.75) is 39.3 Å². The van der Waals surface area contributed by atoms with Crippen LogP contribution in [0.4, 0.5) is 5.95 Å². The van der Waals surface area contributed by atoms with E-state index in [0.717, 1.165) is 35.9 Å². The van der Waals surface area contributed by atoms with Crippen LogP contribution < -0.4 is 10.2 Å². The summed E-state index contributed by atoms with van der Waals surface area (Å²) in [6, 6.07) is 0.0375. The number of hydrogen-bond donors (Lipinski definition) is 1. The van der Waals surface area contributed by atoms with Gasteiger partial charge in [-0.25, -0.2) is 9.97 Å². The molecule has 3 heterocycles. The second kappa shape index (κ2) is 5.01. The van der Waals surface area contributed by atoms with Crippen LogP contribution in [0.2, 0.25) is 0 Å². The van der Waals surface area contributed by atoms with Crippen LogP contribution in [0.1, 0.15) is 23.4 Å². The Bertz CT molecular complexity index is 523. The van der Waals surface area contributed by atoms with E-state index in [2.05, 4.69) is 20.2 Å². The van der Waals surface area contributed by atoms with Gasteiger partial charge in [-0.05, 0) is 32.8 Å². The Morgan fingerprint density at radius 2 is 1.95 bits per heavy atom. The van der Waals surface area contributed by atoms with E-state index in [-0.39, 0.29) is 24.7 Å². The summed E-state index contributed by atoms with van der Waals surface area (Å²) in [4.78, 5) is 22.7. The highest BCUT2D eigenvalue weighted by Gasteiger charge is 2.35. The van der Waals surface area contributed by atoms with Crippen molar-refractivity contribution in [2.24, 2.45) is 0 Å². The average molecular weight is 276 g/mol. The molecule has 0 unspecified atom stereocenters. The summed E-state index contributed by atoms with van der Waals surface area (Å²) >= 11 is 0. The van der Waals surface area contributed by atoms with Crippen molar-refractivity contribution in [2.75, 3.05) is 24.6 Å². The van der Waals surface area contributed by atoms with Crippen molar-refractivity contribution in [3.05, 3.63) is 17.0 Å². The van der Waals surface area contributed by atoms with Gasteiger partial charge in [-0.15, -0.1) is 0 Å². The Labute approximate surface area is 118 Å². The quantitative estimate of drug-likeness (QED) is 0.809. The van der Waals surface area contributed by atoms with Crippen LogP contribution in [0.5, 0.6) is 0 Å². The first-order valence-electron chi connectivity index (χ1n) is 7.02. The number of hydrogen-bond acceptors (Lipinski definition) is 5. The van der Waals surface area contributed by atoms with Gasteiger partial charge in [0.15, 0.2) is 0 Å². The van der Waals surface area contributed by atoms with Crippen LogP contribution in [0.25, 0.3) is 0 Å². The minimum absolute atomic E-state index is 0.0368. The molecule has 0 aromatic carbocycles. The molecule has 0 bridgehead atoms. The fraction of sp³-hybridized carbons (Fsp3) is 0.643. The maximum atomic E-state index is 11.4. The number of fused-ring (bicyclic) bond motifs is 1. The van der Waals surface area contributed by atoms with E-state index >= 15 is 0 Å². The van der Waals surface area contributed by atoms with Gasteiger partial charge in [0.05, 0.1) is 12.1 Å². The summed E-state index contributed by atoms with van der Waals surface area (Å²) < 4.78 is 5.57. The Morgan fingerprint density at radius 1 is 1.25 bits per heavy atom.